The van der Waals surface area contributed by atoms with Gasteiger partial charge in [-0.15, -0.1) is 0 Å². The number of anilines is 1. The van der Waals surface area contributed by atoms with Crippen LogP contribution in [-0.4, -0.2) is 45.2 Å². The first-order chi connectivity index (χ1) is 11.0. The SMILES string of the molecule is CN=C(NCCC(=O)Nc1ccc(C)cc1Cl)NC(C)COC. The van der Waals surface area contributed by atoms with Crippen LogP contribution in [0.15, 0.2) is 23.2 Å². The Hall–Kier alpha value is -1.79. The largest absolute Gasteiger partial charge is 0.383 e. The van der Waals surface area contributed by atoms with Gasteiger partial charge in [-0.3, -0.25) is 9.79 Å². The van der Waals surface area contributed by atoms with Crippen molar-refractivity contribution in [2.24, 2.45) is 4.99 Å². The number of carbonyl (C=O) groups is 1. The molecule has 0 bridgehead atoms. The van der Waals surface area contributed by atoms with Crippen LogP contribution in [0.4, 0.5) is 5.69 Å². The molecule has 1 aromatic rings. The van der Waals surface area contributed by atoms with E-state index in [4.69, 9.17) is 16.3 Å². The standard InChI is InChI=1S/C16H25ClN4O2/c1-11-5-6-14(13(17)9-11)21-15(22)7-8-19-16(18-3)20-12(2)10-23-4/h5-6,9,12H,7-8,10H2,1-4H3,(H,21,22)(H2,18,19,20). The topological polar surface area (TPSA) is 74.8 Å². The van der Waals surface area contributed by atoms with Crippen LogP contribution in [0, 0.1) is 6.92 Å². The van der Waals surface area contributed by atoms with Gasteiger partial charge in [0.15, 0.2) is 5.96 Å². The maximum atomic E-state index is 12.0. The molecule has 23 heavy (non-hydrogen) atoms. The molecule has 0 spiro atoms. The zero-order chi connectivity index (χ0) is 17.2. The van der Waals surface area contributed by atoms with Crippen molar-refractivity contribution < 1.29 is 9.53 Å². The predicted molar refractivity (Wildman–Crippen MR) is 95.3 cm³/mol. The van der Waals surface area contributed by atoms with Crippen molar-refractivity contribution in [3.8, 4) is 0 Å². The summed E-state index contributed by atoms with van der Waals surface area (Å²) in [6, 6.07) is 5.66. The van der Waals surface area contributed by atoms with Crippen LogP contribution < -0.4 is 16.0 Å². The highest BCUT2D eigenvalue weighted by atomic mass is 35.5. The molecule has 6 nitrogen and oxygen atoms in total. The van der Waals surface area contributed by atoms with Gasteiger partial charge < -0.3 is 20.7 Å². The highest BCUT2D eigenvalue weighted by Crippen LogP contribution is 2.22. The van der Waals surface area contributed by atoms with Gasteiger partial charge in [-0.2, -0.15) is 0 Å². The molecule has 1 atom stereocenters. The van der Waals surface area contributed by atoms with E-state index in [-0.39, 0.29) is 11.9 Å². The number of hydrogen-bond donors (Lipinski definition) is 3. The first-order valence-electron chi connectivity index (χ1n) is 7.48. The van der Waals surface area contributed by atoms with Crippen LogP contribution in [0.2, 0.25) is 5.02 Å². The molecule has 1 unspecified atom stereocenters. The second-order valence-corrected chi connectivity index (χ2v) is 5.69. The van der Waals surface area contributed by atoms with Crippen LogP contribution in [0.3, 0.4) is 0 Å². The van der Waals surface area contributed by atoms with Crippen molar-refractivity contribution in [3.63, 3.8) is 0 Å². The summed E-state index contributed by atoms with van der Waals surface area (Å²) >= 11 is 6.10. The zero-order valence-corrected chi connectivity index (χ0v) is 14.8. The van der Waals surface area contributed by atoms with E-state index in [9.17, 15) is 4.79 Å². The minimum Gasteiger partial charge on any atom is -0.383 e. The van der Waals surface area contributed by atoms with Crippen LogP contribution in [0.1, 0.15) is 18.9 Å². The Labute approximate surface area is 142 Å². The summed E-state index contributed by atoms with van der Waals surface area (Å²) < 4.78 is 5.06. The summed E-state index contributed by atoms with van der Waals surface area (Å²) in [7, 11) is 3.33. The first-order valence-corrected chi connectivity index (χ1v) is 7.86. The number of aryl methyl sites for hydroxylation is 1. The van der Waals surface area contributed by atoms with Gasteiger partial charge in [0.1, 0.15) is 0 Å². The molecular formula is C16H25ClN4O2. The Morgan fingerprint density at radius 1 is 1.43 bits per heavy atom. The van der Waals surface area contributed by atoms with Crippen LogP contribution >= 0.6 is 11.6 Å². The average molecular weight is 341 g/mol. The quantitative estimate of drug-likeness (QED) is 0.525. The highest BCUT2D eigenvalue weighted by Gasteiger charge is 2.08. The number of guanidine groups is 1. The summed E-state index contributed by atoms with van der Waals surface area (Å²) in [5, 5.41) is 9.59. The number of amides is 1. The van der Waals surface area contributed by atoms with Crippen molar-refractivity contribution in [2.75, 3.05) is 32.6 Å². The number of carbonyl (C=O) groups excluding carboxylic acids is 1. The van der Waals surface area contributed by atoms with E-state index in [0.717, 1.165) is 5.56 Å². The number of methoxy groups -OCH3 is 1. The molecule has 0 saturated heterocycles. The number of ether oxygens (including phenoxy) is 1. The smallest absolute Gasteiger partial charge is 0.226 e. The third-order valence-electron chi connectivity index (χ3n) is 3.07. The molecule has 1 aromatic carbocycles. The van der Waals surface area contributed by atoms with Crippen LogP contribution in [-0.2, 0) is 9.53 Å². The molecule has 0 aliphatic heterocycles. The minimum atomic E-state index is -0.108. The maximum Gasteiger partial charge on any atom is 0.226 e. The summed E-state index contributed by atoms with van der Waals surface area (Å²) in [6.45, 7) is 4.98. The number of nitrogens with zero attached hydrogens (tertiary/aromatic N) is 1. The van der Waals surface area contributed by atoms with E-state index in [1.54, 1.807) is 20.2 Å². The molecule has 3 N–H and O–H groups in total. The van der Waals surface area contributed by atoms with E-state index in [1.807, 2.05) is 26.0 Å². The maximum absolute atomic E-state index is 12.0. The molecule has 7 heteroatoms. The van der Waals surface area contributed by atoms with Crippen molar-refractivity contribution >= 4 is 29.2 Å². The van der Waals surface area contributed by atoms with Gasteiger partial charge in [0.2, 0.25) is 5.91 Å². The number of benzene rings is 1. The number of hydrogen-bond acceptors (Lipinski definition) is 3. The summed E-state index contributed by atoms with van der Waals surface area (Å²) in [5.74, 6) is 0.527. The highest BCUT2D eigenvalue weighted by molar-refractivity contribution is 6.33. The average Bonchev–Trinajstić information content (AvgIpc) is 2.49. The van der Waals surface area contributed by atoms with Gasteiger partial charge in [0, 0.05) is 33.2 Å². The number of nitrogens with one attached hydrogen (secondary N) is 3. The molecule has 0 radical (unpaired) electrons. The molecule has 1 amide bonds. The molecular weight excluding hydrogens is 316 g/mol. The zero-order valence-electron chi connectivity index (χ0n) is 14.1. The fourth-order valence-electron chi connectivity index (χ4n) is 1.95. The lowest BCUT2D eigenvalue weighted by molar-refractivity contribution is -0.116. The van der Waals surface area contributed by atoms with Gasteiger partial charge in [-0.05, 0) is 31.5 Å². The number of aliphatic imine (C=N–C) groups is 1. The van der Waals surface area contributed by atoms with Crippen molar-refractivity contribution in [1.29, 1.82) is 0 Å². The molecule has 0 aliphatic carbocycles. The van der Waals surface area contributed by atoms with E-state index in [1.165, 1.54) is 0 Å². The third-order valence-corrected chi connectivity index (χ3v) is 3.38. The second-order valence-electron chi connectivity index (χ2n) is 5.28. The van der Waals surface area contributed by atoms with Crippen LogP contribution in [0.5, 0.6) is 0 Å². The Balaban J connectivity index is 2.38. The van der Waals surface area contributed by atoms with Gasteiger partial charge in [-0.1, -0.05) is 17.7 Å². The normalized spacial score (nSPS) is 12.7. The molecule has 0 aliphatic rings. The summed E-state index contributed by atoms with van der Waals surface area (Å²) in [5.41, 5.74) is 1.67. The van der Waals surface area contributed by atoms with Crippen LogP contribution in [0.25, 0.3) is 0 Å². The van der Waals surface area contributed by atoms with E-state index < -0.39 is 0 Å². The van der Waals surface area contributed by atoms with Gasteiger partial charge in [0.25, 0.3) is 0 Å². The molecule has 128 valence electrons. The van der Waals surface area contributed by atoms with Crippen molar-refractivity contribution in [2.45, 2.75) is 26.3 Å². The van der Waals surface area contributed by atoms with Gasteiger partial charge >= 0.3 is 0 Å². The molecule has 1 rings (SSSR count). The molecule has 0 aromatic heterocycles. The van der Waals surface area contributed by atoms with Crippen molar-refractivity contribution in [1.82, 2.24) is 10.6 Å². The number of halogens is 1. The summed E-state index contributed by atoms with van der Waals surface area (Å²) in [4.78, 5) is 16.1. The van der Waals surface area contributed by atoms with Gasteiger partial charge in [-0.25, -0.2) is 0 Å². The minimum absolute atomic E-state index is 0.108. The molecule has 0 saturated carbocycles. The lowest BCUT2D eigenvalue weighted by Crippen LogP contribution is -2.44. The van der Waals surface area contributed by atoms with E-state index in [0.29, 0.717) is 36.2 Å². The van der Waals surface area contributed by atoms with E-state index in [2.05, 4.69) is 20.9 Å². The first kappa shape index (κ1) is 19.3. The fraction of sp³-hybridized carbons (Fsp3) is 0.500. The lowest BCUT2D eigenvalue weighted by Gasteiger charge is -2.17. The predicted octanol–water partition coefficient (Wildman–Crippen LogP) is 2.18. The lowest BCUT2D eigenvalue weighted by atomic mass is 10.2. The Bertz CT molecular complexity index is 549. The molecule has 0 fully saturated rings. The molecule has 0 heterocycles. The summed E-state index contributed by atoms with van der Waals surface area (Å²) in [6.07, 6.45) is 0.309. The Morgan fingerprint density at radius 2 is 2.17 bits per heavy atom. The fourth-order valence-corrected chi connectivity index (χ4v) is 2.23. The Morgan fingerprint density at radius 3 is 2.78 bits per heavy atom. The monoisotopic (exact) mass is 340 g/mol. The third kappa shape index (κ3) is 7.34. The van der Waals surface area contributed by atoms with E-state index >= 15 is 0 Å². The second kappa shape index (κ2) is 10.1. The number of rotatable bonds is 7. The Kier molecular flexibility index (Phi) is 8.43. The van der Waals surface area contributed by atoms with Gasteiger partial charge in [0.05, 0.1) is 17.3 Å². The van der Waals surface area contributed by atoms with Crippen molar-refractivity contribution in [3.05, 3.63) is 28.8 Å².